The molecule has 1 aromatic carbocycles. The molecule has 0 bridgehead atoms. The van der Waals surface area contributed by atoms with E-state index in [9.17, 15) is 4.79 Å². The Morgan fingerprint density at radius 2 is 1.86 bits per heavy atom. The van der Waals surface area contributed by atoms with Gasteiger partial charge < -0.3 is 20.3 Å². The maximum absolute atomic E-state index is 12.5. The van der Waals surface area contributed by atoms with Crippen molar-refractivity contribution in [2.24, 2.45) is 16.8 Å². The number of amides is 1. The largest absolute Gasteiger partial charge is 0.381 e. The van der Waals surface area contributed by atoms with E-state index in [2.05, 4.69) is 46.0 Å². The number of piperidine rings is 1. The molecule has 6 nitrogen and oxygen atoms in total. The monoisotopic (exact) mass is 400 g/mol. The summed E-state index contributed by atoms with van der Waals surface area (Å²) >= 11 is 0. The van der Waals surface area contributed by atoms with E-state index in [0.717, 1.165) is 64.4 Å². The Balaban J connectivity index is 1.26. The predicted octanol–water partition coefficient (Wildman–Crippen LogP) is 2.45. The predicted molar refractivity (Wildman–Crippen MR) is 117 cm³/mol. The van der Waals surface area contributed by atoms with Gasteiger partial charge in [0.05, 0.1) is 6.54 Å². The number of hydrogen-bond acceptors (Lipinski definition) is 3. The molecule has 1 aliphatic heterocycles. The Hall–Kier alpha value is -2.08. The van der Waals surface area contributed by atoms with Gasteiger partial charge in [0, 0.05) is 39.9 Å². The number of hydrogen-bond donors (Lipinski definition) is 2. The lowest BCUT2D eigenvalue weighted by Crippen LogP contribution is -2.47. The maximum atomic E-state index is 12.5. The van der Waals surface area contributed by atoms with E-state index >= 15 is 0 Å². The zero-order chi connectivity index (χ0) is 20.3. The van der Waals surface area contributed by atoms with Crippen LogP contribution in [0.3, 0.4) is 0 Å². The molecular weight excluding hydrogens is 364 g/mol. The number of nitrogens with zero attached hydrogens (tertiary/aromatic N) is 2. The van der Waals surface area contributed by atoms with E-state index in [0.29, 0.717) is 18.4 Å². The SMILES string of the molecule is CN=C(NCCCOCC1CC1)NCC(=O)N1CCC(Cc2ccccc2)CC1. The fourth-order valence-electron chi connectivity index (χ4n) is 3.74. The van der Waals surface area contributed by atoms with Crippen molar-refractivity contribution < 1.29 is 9.53 Å². The van der Waals surface area contributed by atoms with E-state index in [-0.39, 0.29) is 5.91 Å². The molecule has 3 rings (SSSR count). The van der Waals surface area contributed by atoms with Crippen LogP contribution < -0.4 is 10.6 Å². The van der Waals surface area contributed by atoms with Crippen LogP contribution in [0.4, 0.5) is 0 Å². The number of ether oxygens (including phenoxy) is 1. The third kappa shape index (κ3) is 8.05. The summed E-state index contributed by atoms with van der Waals surface area (Å²) in [4.78, 5) is 18.7. The van der Waals surface area contributed by atoms with E-state index in [1.165, 1.54) is 18.4 Å². The Morgan fingerprint density at radius 3 is 2.55 bits per heavy atom. The smallest absolute Gasteiger partial charge is 0.241 e. The van der Waals surface area contributed by atoms with Crippen molar-refractivity contribution in [3.63, 3.8) is 0 Å². The summed E-state index contributed by atoms with van der Waals surface area (Å²) in [6.07, 6.45) is 6.86. The molecular formula is C23H36N4O2. The van der Waals surface area contributed by atoms with E-state index in [1.54, 1.807) is 7.05 Å². The van der Waals surface area contributed by atoms with Gasteiger partial charge in [-0.1, -0.05) is 30.3 Å². The molecule has 0 radical (unpaired) electrons. The van der Waals surface area contributed by atoms with Gasteiger partial charge in [-0.15, -0.1) is 0 Å². The van der Waals surface area contributed by atoms with Crippen molar-refractivity contribution in [3.05, 3.63) is 35.9 Å². The molecule has 160 valence electrons. The highest BCUT2D eigenvalue weighted by Gasteiger charge is 2.23. The van der Waals surface area contributed by atoms with Gasteiger partial charge in [-0.05, 0) is 55.9 Å². The van der Waals surface area contributed by atoms with Crippen LogP contribution in [0, 0.1) is 11.8 Å². The van der Waals surface area contributed by atoms with Crippen LogP contribution in [0.25, 0.3) is 0 Å². The van der Waals surface area contributed by atoms with Gasteiger partial charge in [-0.3, -0.25) is 9.79 Å². The van der Waals surface area contributed by atoms with E-state index < -0.39 is 0 Å². The number of rotatable bonds is 10. The zero-order valence-electron chi connectivity index (χ0n) is 17.7. The summed E-state index contributed by atoms with van der Waals surface area (Å²) in [7, 11) is 1.73. The number of carbonyl (C=O) groups excluding carboxylic acids is 1. The normalized spacial score (nSPS) is 18.0. The first-order valence-electron chi connectivity index (χ1n) is 11.1. The van der Waals surface area contributed by atoms with Gasteiger partial charge in [-0.2, -0.15) is 0 Å². The number of benzene rings is 1. The van der Waals surface area contributed by atoms with Crippen molar-refractivity contribution in [3.8, 4) is 0 Å². The van der Waals surface area contributed by atoms with E-state index in [4.69, 9.17) is 4.74 Å². The molecule has 0 aromatic heterocycles. The lowest BCUT2D eigenvalue weighted by Gasteiger charge is -2.32. The van der Waals surface area contributed by atoms with Crippen molar-refractivity contribution >= 4 is 11.9 Å². The third-order valence-corrected chi connectivity index (χ3v) is 5.77. The standard InChI is InChI=1S/C23H36N4O2/c1-24-23(25-12-5-15-29-18-21-8-9-21)26-17-22(28)27-13-10-20(11-14-27)16-19-6-3-2-4-7-19/h2-4,6-7,20-21H,5,8-18H2,1H3,(H2,24,25,26). The molecule has 0 spiro atoms. The molecule has 1 saturated heterocycles. The van der Waals surface area contributed by atoms with Gasteiger partial charge in [0.1, 0.15) is 0 Å². The van der Waals surface area contributed by atoms with Crippen molar-refractivity contribution in [1.29, 1.82) is 0 Å². The second-order valence-corrected chi connectivity index (χ2v) is 8.24. The number of aliphatic imine (C=N–C) groups is 1. The Bertz CT molecular complexity index is 638. The second-order valence-electron chi connectivity index (χ2n) is 8.24. The second kappa shape index (κ2) is 11.8. The van der Waals surface area contributed by atoms with Crippen LogP contribution >= 0.6 is 0 Å². The van der Waals surface area contributed by atoms with Crippen LogP contribution in [0.1, 0.15) is 37.7 Å². The topological polar surface area (TPSA) is 66.0 Å². The quantitative estimate of drug-likeness (QED) is 0.360. The summed E-state index contributed by atoms with van der Waals surface area (Å²) < 4.78 is 5.64. The zero-order valence-corrected chi connectivity index (χ0v) is 17.7. The van der Waals surface area contributed by atoms with Gasteiger partial charge in [-0.25, -0.2) is 0 Å². The molecule has 6 heteroatoms. The van der Waals surface area contributed by atoms with Crippen LogP contribution in [0.2, 0.25) is 0 Å². The molecule has 1 aliphatic carbocycles. The highest BCUT2D eigenvalue weighted by molar-refractivity contribution is 5.86. The van der Waals surface area contributed by atoms with Crippen LogP contribution in [-0.2, 0) is 16.0 Å². The number of likely N-dealkylation sites (tertiary alicyclic amines) is 1. The van der Waals surface area contributed by atoms with Crippen molar-refractivity contribution in [1.82, 2.24) is 15.5 Å². The summed E-state index contributed by atoms with van der Waals surface area (Å²) in [5.74, 6) is 2.32. The molecule has 0 unspecified atom stereocenters. The number of nitrogens with one attached hydrogen (secondary N) is 2. The summed E-state index contributed by atoms with van der Waals surface area (Å²) in [6, 6.07) is 10.6. The molecule has 2 aliphatic rings. The van der Waals surface area contributed by atoms with Gasteiger partial charge >= 0.3 is 0 Å². The Morgan fingerprint density at radius 1 is 1.10 bits per heavy atom. The minimum Gasteiger partial charge on any atom is -0.381 e. The highest BCUT2D eigenvalue weighted by Crippen LogP contribution is 2.28. The highest BCUT2D eigenvalue weighted by atomic mass is 16.5. The van der Waals surface area contributed by atoms with E-state index in [1.807, 2.05) is 4.90 Å². The fourth-order valence-corrected chi connectivity index (χ4v) is 3.74. The van der Waals surface area contributed by atoms with Crippen LogP contribution in [-0.4, -0.2) is 63.2 Å². The molecule has 2 N–H and O–H groups in total. The Labute approximate surface area is 175 Å². The summed E-state index contributed by atoms with van der Waals surface area (Å²) in [5, 5.41) is 6.40. The summed E-state index contributed by atoms with van der Waals surface area (Å²) in [5.41, 5.74) is 1.40. The lowest BCUT2D eigenvalue weighted by molar-refractivity contribution is -0.131. The first kappa shape index (κ1) is 21.6. The van der Waals surface area contributed by atoms with Crippen LogP contribution in [0.5, 0.6) is 0 Å². The fraction of sp³-hybridized carbons (Fsp3) is 0.652. The first-order chi connectivity index (χ1) is 14.2. The third-order valence-electron chi connectivity index (χ3n) is 5.77. The summed E-state index contributed by atoms with van der Waals surface area (Å²) in [6.45, 7) is 4.47. The molecule has 2 fully saturated rings. The molecule has 1 heterocycles. The Kier molecular flexibility index (Phi) is 8.81. The molecule has 1 saturated carbocycles. The van der Waals surface area contributed by atoms with Gasteiger partial charge in [0.25, 0.3) is 0 Å². The number of guanidine groups is 1. The van der Waals surface area contributed by atoms with Gasteiger partial charge in [0.15, 0.2) is 5.96 Å². The minimum absolute atomic E-state index is 0.152. The lowest BCUT2D eigenvalue weighted by atomic mass is 9.90. The van der Waals surface area contributed by atoms with Crippen LogP contribution in [0.15, 0.2) is 35.3 Å². The molecule has 1 aromatic rings. The molecule has 29 heavy (non-hydrogen) atoms. The van der Waals surface area contributed by atoms with Crippen molar-refractivity contribution in [2.45, 2.75) is 38.5 Å². The molecule has 0 atom stereocenters. The average molecular weight is 401 g/mol. The first-order valence-corrected chi connectivity index (χ1v) is 11.1. The minimum atomic E-state index is 0.152. The van der Waals surface area contributed by atoms with Crippen molar-refractivity contribution in [2.75, 3.05) is 46.4 Å². The average Bonchev–Trinajstić information content (AvgIpc) is 3.58. The molecule has 1 amide bonds. The maximum Gasteiger partial charge on any atom is 0.241 e. The van der Waals surface area contributed by atoms with Gasteiger partial charge in [0.2, 0.25) is 5.91 Å². The number of carbonyl (C=O) groups is 1.